The van der Waals surface area contributed by atoms with E-state index in [9.17, 15) is 22.0 Å². The molecule has 1 heterocycles. The van der Waals surface area contributed by atoms with Gasteiger partial charge in [0.05, 0.1) is 11.5 Å². The quantitative estimate of drug-likeness (QED) is 0.709. The zero-order chi connectivity index (χ0) is 10.5. The number of carboxylic acids is 1. The van der Waals surface area contributed by atoms with Crippen LogP contribution in [0.25, 0.3) is 0 Å². The lowest BCUT2D eigenvalue weighted by Crippen LogP contribution is -2.62. The predicted octanol–water partition coefficient (Wildman–Crippen LogP) is 0.141. The average Bonchev–Trinajstić information content (AvgIpc) is 1.78. The number of hydrogen-bond donors (Lipinski definition) is 1. The second-order valence-electron chi connectivity index (χ2n) is 3.31. The largest absolute Gasteiger partial charge is 0.481 e. The number of carbonyl (C=O) groups is 1. The van der Waals surface area contributed by atoms with Crippen LogP contribution in [0.1, 0.15) is 6.92 Å². The normalized spacial score (nSPS) is 24.8. The third kappa shape index (κ3) is 1.41. The van der Waals surface area contributed by atoms with Crippen molar-refractivity contribution in [3.8, 4) is 0 Å². The highest BCUT2D eigenvalue weighted by Crippen LogP contribution is 2.46. The molecule has 1 aliphatic rings. The van der Waals surface area contributed by atoms with Crippen LogP contribution in [-0.2, 0) is 14.6 Å². The molecule has 0 amide bonds. The molecule has 0 aromatic heterocycles. The third-order valence-corrected chi connectivity index (χ3v) is 4.05. The maximum absolute atomic E-state index is 12.8. The highest BCUT2D eigenvalue weighted by atomic mass is 32.2. The van der Waals surface area contributed by atoms with Gasteiger partial charge in [-0.1, -0.05) is 0 Å². The van der Waals surface area contributed by atoms with Crippen molar-refractivity contribution in [3.63, 3.8) is 0 Å². The van der Waals surface area contributed by atoms with E-state index in [0.29, 0.717) is 6.92 Å². The molecule has 0 bridgehead atoms. The highest BCUT2D eigenvalue weighted by Gasteiger charge is 2.66. The van der Waals surface area contributed by atoms with Crippen LogP contribution in [0, 0.1) is 5.41 Å². The fourth-order valence-corrected chi connectivity index (χ4v) is 3.44. The first-order valence-corrected chi connectivity index (χ1v) is 5.24. The lowest BCUT2D eigenvalue weighted by atomic mass is 9.85. The van der Waals surface area contributed by atoms with Crippen LogP contribution < -0.4 is 0 Å². The summed E-state index contributed by atoms with van der Waals surface area (Å²) in [7, 11) is -3.58. The van der Waals surface area contributed by atoms with Gasteiger partial charge >= 0.3 is 5.97 Å². The van der Waals surface area contributed by atoms with Gasteiger partial charge in [-0.25, -0.2) is 17.2 Å². The van der Waals surface area contributed by atoms with Gasteiger partial charge in [-0.15, -0.1) is 0 Å². The van der Waals surface area contributed by atoms with E-state index >= 15 is 0 Å². The first kappa shape index (κ1) is 10.4. The molecule has 76 valence electrons. The van der Waals surface area contributed by atoms with Crippen molar-refractivity contribution in [3.05, 3.63) is 0 Å². The van der Waals surface area contributed by atoms with E-state index in [1.807, 2.05) is 0 Å². The number of alkyl halides is 2. The van der Waals surface area contributed by atoms with Crippen LogP contribution >= 0.6 is 0 Å². The molecule has 0 spiro atoms. The van der Waals surface area contributed by atoms with E-state index in [0.717, 1.165) is 0 Å². The maximum Gasteiger partial charge on any atom is 0.317 e. The number of sulfone groups is 1. The van der Waals surface area contributed by atoms with Gasteiger partial charge in [0.15, 0.2) is 15.3 Å². The van der Waals surface area contributed by atoms with Crippen LogP contribution in [0.5, 0.6) is 0 Å². The van der Waals surface area contributed by atoms with Gasteiger partial charge in [0, 0.05) is 6.92 Å². The van der Waals surface area contributed by atoms with Crippen molar-refractivity contribution < 1.29 is 27.1 Å². The van der Waals surface area contributed by atoms with E-state index in [4.69, 9.17) is 5.11 Å². The van der Waals surface area contributed by atoms with Gasteiger partial charge < -0.3 is 5.11 Å². The van der Waals surface area contributed by atoms with Crippen molar-refractivity contribution >= 4 is 15.8 Å². The molecule has 0 atom stereocenters. The Bertz CT molecular complexity index is 328. The number of aliphatic carboxylic acids is 1. The Balaban J connectivity index is 3.04. The lowest BCUT2D eigenvalue weighted by molar-refractivity contribution is -0.170. The molecule has 1 saturated heterocycles. The Kier molecular flexibility index (Phi) is 1.91. The van der Waals surface area contributed by atoms with Crippen LogP contribution in [0.4, 0.5) is 8.78 Å². The monoisotopic (exact) mass is 214 g/mol. The summed E-state index contributed by atoms with van der Waals surface area (Å²) in [4.78, 5) is 10.5. The van der Waals surface area contributed by atoms with E-state index in [2.05, 4.69) is 0 Å². The average molecular weight is 214 g/mol. The van der Waals surface area contributed by atoms with Crippen molar-refractivity contribution in [2.75, 3.05) is 11.5 Å². The molecule has 1 N–H and O–H groups in total. The molecule has 0 aliphatic carbocycles. The predicted molar refractivity (Wildman–Crippen MR) is 39.3 cm³/mol. The molecular formula is C6H8F2O4S. The minimum absolute atomic E-state index is 0.426. The number of carboxylic acid groups (broad SMARTS) is 1. The molecular weight excluding hydrogens is 206 g/mol. The Labute approximate surface area is 73.5 Å². The smallest absolute Gasteiger partial charge is 0.317 e. The molecule has 13 heavy (non-hydrogen) atoms. The molecule has 7 heteroatoms. The van der Waals surface area contributed by atoms with Crippen molar-refractivity contribution in [1.82, 2.24) is 0 Å². The minimum Gasteiger partial charge on any atom is -0.481 e. The number of rotatable bonds is 2. The first-order chi connectivity index (χ1) is 5.61. The Morgan fingerprint density at radius 2 is 1.85 bits per heavy atom. The van der Waals surface area contributed by atoms with Gasteiger partial charge in [0.2, 0.25) is 0 Å². The standard InChI is InChI=1S/C6H8F2O4S/c1-5(7,8)6(4(9)10)2-13(11,12)3-6/h2-3H2,1H3,(H,9,10). The molecule has 1 rings (SSSR count). The molecule has 1 aliphatic heterocycles. The van der Waals surface area contributed by atoms with Gasteiger partial charge in [0.25, 0.3) is 5.92 Å². The van der Waals surface area contributed by atoms with E-state index in [1.165, 1.54) is 0 Å². The topological polar surface area (TPSA) is 71.4 Å². The highest BCUT2D eigenvalue weighted by molar-refractivity contribution is 7.93. The second kappa shape index (κ2) is 2.40. The Hall–Kier alpha value is -0.720. The summed E-state index contributed by atoms with van der Waals surface area (Å²) in [5.41, 5.74) is -2.41. The van der Waals surface area contributed by atoms with E-state index in [1.54, 1.807) is 0 Å². The molecule has 0 aromatic rings. The summed E-state index contributed by atoms with van der Waals surface area (Å²) >= 11 is 0. The summed E-state index contributed by atoms with van der Waals surface area (Å²) in [6.07, 6.45) is 0. The second-order valence-corrected chi connectivity index (χ2v) is 5.37. The van der Waals surface area contributed by atoms with Crippen LogP contribution in [-0.4, -0.2) is 36.9 Å². The van der Waals surface area contributed by atoms with Crippen molar-refractivity contribution in [2.45, 2.75) is 12.8 Å². The Morgan fingerprint density at radius 3 is 1.92 bits per heavy atom. The van der Waals surface area contributed by atoms with Crippen LogP contribution in [0.15, 0.2) is 0 Å². The molecule has 0 saturated carbocycles. The summed E-state index contributed by atoms with van der Waals surface area (Å²) < 4.78 is 46.9. The number of hydrogen-bond acceptors (Lipinski definition) is 3. The van der Waals surface area contributed by atoms with Gasteiger partial charge in [-0.05, 0) is 0 Å². The Morgan fingerprint density at radius 1 is 1.46 bits per heavy atom. The molecule has 0 aromatic carbocycles. The molecule has 0 radical (unpaired) electrons. The van der Waals surface area contributed by atoms with Crippen LogP contribution in [0.3, 0.4) is 0 Å². The van der Waals surface area contributed by atoms with Gasteiger partial charge in [0.1, 0.15) is 0 Å². The van der Waals surface area contributed by atoms with Gasteiger partial charge in [-0.3, -0.25) is 4.79 Å². The maximum atomic E-state index is 12.8. The van der Waals surface area contributed by atoms with Crippen LogP contribution in [0.2, 0.25) is 0 Å². The van der Waals surface area contributed by atoms with E-state index < -0.39 is 38.6 Å². The summed E-state index contributed by atoms with van der Waals surface area (Å²) in [5.74, 6) is -7.21. The SMILES string of the molecule is CC(F)(F)C1(C(=O)O)CS(=O)(=O)C1. The minimum atomic E-state index is -3.58. The summed E-state index contributed by atoms with van der Waals surface area (Å²) in [6.45, 7) is 0.426. The third-order valence-electron chi connectivity index (χ3n) is 2.18. The summed E-state index contributed by atoms with van der Waals surface area (Å²) in [6, 6.07) is 0. The summed E-state index contributed by atoms with van der Waals surface area (Å²) in [5, 5.41) is 8.51. The van der Waals surface area contributed by atoms with E-state index in [-0.39, 0.29) is 0 Å². The zero-order valence-corrected chi connectivity index (χ0v) is 7.57. The number of halogens is 2. The molecule has 0 unspecified atom stereocenters. The molecule has 4 nitrogen and oxygen atoms in total. The van der Waals surface area contributed by atoms with Gasteiger partial charge in [-0.2, -0.15) is 0 Å². The van der Waals surface area contributed by atoms with Crippen molar-refractivity contribution in [2.24, 2.45) is 5.41 Å². The molecule has 1 fully saturated rings. The van der Waals surface area contributed by atoms with Crippen molar-refractivity contribution in [1.29, 1.82) is 0 Å². The lowest BCUT2D eigenvalue weighted by Gasteiger charge is -2.40. The fourth-order valence-electron chi connectivity index (χ4n) is 1.27. The zero-order valence-electron chi connectivity index (χ0n) is 6.75. The first-order valence-electron chi connectivity index (χ1n) is 3.42. The fraction of sp³-hybridized carbons (Fsp3) is 0.833.